The molecule has 7 heteroatoms. The van der Waals surface area contributed by atoms with Gasteiger partial charge in [-0.05, 0) is 48.0 Å². The molecule has 26 heavy (non-hydrogen) atoms. The molecule has 0 aromatic heterocycles. The van der Waals surface area contributed by atoms with Crippen LogP contribution in [-0.2, 0) is 14.3 Å². The number of cyclic esters (lactones) is 1. The lowest BCUT2D eigenvalue weighted by atomic mass is 10.1. The molecule has 0 aliphatic carbocycles. The minimum absolute atomic E-state index is 0.150. The van der Waals surface area contributed by atoms with E-state index in [2.05, 4.69) is 4.99 Å². The van der Waals surface area contributed by atoms with Gasteiger partial charge in [0.2, 0.25) is 5.90 Å². The Morgan fingerprint density at radius 2 is 1.88 bits per heavy atom. The Kier molecular flexibility index (Phi) is 5.04. The van der Waals surface area contributed by atoms with Crippen LogP contribution in [0, 0.1) is 0 Å². The second-order valence-corrected chi connectivity index (χ2v) is 5.78. The molecule has 0 atom stereocenters. The zero-order chi connectivity index (χ0) is 18.7. The summed E-state index contributed by atoms with van der Waals surface area (Å²) in [6, 6.07) is 11.7. The fourth-order valence-corrected chi connectivity index (χ4v) is 2.42. The number of esters is 2. The topological polar surface area (TPSA) is 74.2 Å². The summed E-state index contributed by atoms with van der Waals surface area (Å²) >= 11 is 5.85. The van der Waals surface area contributed by atoms with Crippen LogP contribution in [0.15, 0.2) is 53.2 Å². The van der Waals surface area contributed by atoms with Gasteiger partial charge in [0.25, 0.3) is 0 Å². The number of hydrogen-bond donors (Lipinski definition) is 0. The molecule has 2 aromatic rings. The second-order valence-electron chi connectivity index (χ2n) is 5.35. The number of carbonyl (C=O) groups is 2. The maximum atomic E-state index is 12.1. The van der Waals surface area contributed by atoms with Crippen molar-refractivity contribution < 1.29 is 23.8 Å². The lowest BCUT2D eigenvalue weighted by Gasteiger charge is -2.08. The van der Waals surface area contributed by atoms with Gasteiger partial charge in [-0.2, -0.15) is 0 Å². The number of benzene rings is 2. The quantitative estimate of drug-likeness (QED) is 0.466. The Morgan fingerprint density at radius 3 is 2.54 bits per heavy atom. The standard InChI is InChI=1S/C19H14ClNO5/c1-11(22)25-16-8-3-12(10-17(16)24-2)9-15-19(23)26-18(21-15)13-4-6-14(20)7-5-13/h3-10H,1-2H3/b15-9-. The van der Waals surface area contributed by atoms with E-state index in [0.29, 0.717) is 27.6 Å². The van der Waals surface area contributed by atoms with Crippen molar-refractivity contribution in [3.63, 3.8) is 0 Å². The summed E-state index contributed by atoms with van der Waals surface area (Å²) in [6.45, 7) is 1.30. The van der Waals surface area contributed by atoms with Gasteiger partial charge in [0.1, 0.15) is 0 Å². The number of halogens is 1. The molecular weight excluding hydrogens is 358 g/mol. The third-order valence-corrected chi connectivity index (χ3v) is 3.71. The van der Waals surface area contributed by atoms with E-state index in [1.807, 2.05) is 0 Å². The third kappa shape index (κ3) is 3.92. The van der Waals surface area contributed by atoms with Crippen LogP contribution < -0.4 is 9.47 Å². The van der Waals surface area contributed by atoms with E-state index >= 15 is 0 Å². The van der Waals surface area contributed by atoms with Crippen molar-refractivity contribution in [2.75, 3.05) is 7.11 Å². The Labute approximate surface area is 154 Å². The molecule has 6 nitrogen and oxygen atoms in total. The summed E-state index contributed by atoms with van der Waals surface area (Å²) < 4.78 is 15.5. The van der Waals surface area contributed by atoms with Gasteiger partial charge in [-0.1, -0.05) is 17.7 Å². The minimum Gasteiger partial charge on any atom is -0.493 e. The summed E-state index contributed by atoms with van der Waals surface area (Å²) in [4.78, 5) is 27.4. The van der Waals surface area contributed by atoms with Gasteiger partial charge in [-0.25, -0.2) is 9.79 Å². The molecule has 0 saturated carbocycles. The van der Waals surface area contributed by atoms with Gasteiger partial charge in [-0.3, -0.25) is 4.79 Å². The van der Waals surface area contributed by atoms with Crippen molar-refractivity contribution in [1.82, 2.24) is 0 Å². The number of hydrogen-bond acceptors (Lipinski definition) is 6. The molecular formula is C19H14ClNO5. The predicted molar refractivity (Wildman–Crippen MR) is 96.4 cm³/mol. The van der Waals surface area contributed by atoms with Crippen molar-refractivity contribution in [3.8, 4) is 11.5 Å². The van der Waals surface area contributed by atoms with Gasteiger partial charge in [-0.15, -0.1) is 0 Å². The van der Waals surface area contributed by atoms with Crippen molar-refractivity contribution >= 4 is 35.5 Å². The van der Waals surface area contributed by atoms with Crippen LogP contribution in [0.1, 0.15) is 18.1 Å². The first-order valence-corrected chi connectivity index (χ1v) is 7.99. The molecule has 132 valence electrons. The van der Waals surface area contributed by atoms with E-state index in [1.54, 1.807) is 48.5 Å². The molecule has 1 aliphatic heterocycles. The molecule has 0 amide bonds. The summed E-state index contributed by atoms with van der Waals surface area (Å²) in [7, 11) is 1.46. The van der Waals surface area contributed by atoms with Crippen molar-refractivity contribution in [2.24, 2.45) is 4.99 Å². The Balaban J connectivity index is 1.90. The monoisotopic (exact) mass is 371 g/mol. The number of aliphatic imine (C=N–C) groups is 1. The van der Waals surface area contributed by atoms with Crippen LogP contribution in [-0.4, -0.2) is 24.9 Å². The number of nitrogens with zero attached hydrogens (tertiary/aromatic N) is 1. The molecule has 2 aromatic carbocycles. The predicted octanol–water partition coefficient (Wildman–Crippen LogP) is 3.62. The van der Waals surface area contributed by atoms with Crippen LogP contribution in [0.3, 0.4) is 0 Å². The Hall–Kier alpha value is -3.12. The van der Waals surface area contributed by atoms with E-state index in [4.69, 9.17) is 25.8 Å². The van der Waals surface area contributed by atoms with E-state index < -0.39 is 11.9 Å². The maximum absolute atomic E-state index is 12.1. The molecule has 0 radical (unpaired) electrons. The van der Waals surface area contributed by atoms with Gasteiger partial charge in [0.05, 0.1) is 7.11 Å². The molecule has 0 unspecified atom stereocenters. The second kappa shape index (κ2) is 7.41. The summed E-state index contributed by atoms with van der Waals surface area (Å²) in [5.41, 5.74) is 1.44. The maximum Gasteiger partial charge on any atom is 0.363 e. The van der Waals surface area contributed by atoms with Crippen molar-refractivity contribution in [1.29, 1.82) is 0 Å². The first kappa shape index (κ1) is 17.7. The SMILES string of the molecule is COc1cc(/C=C2\N=C(c3ccc(Cl)cc3)OC2=O)ccc1OC(C)=O. The number of carbonyl (C=O) groups excluding carboxylic acids is 2. The Morgan fingerprint density at radius 1 is 1.15 bits per heavy atom. The number of rotatable bonds is 4. The molecule has 0 bridgehead atoms. The zero-order valence-corrected chi connectivity index (χ0v) is 14.7. The highest BCUT2D eigenvalue weighted by atomic mass is 35.5. The van der Waals surface area contributed by atoms with Gasteiger partial charge < -0.3 is 14.2 Å². The van der Waals surface area contributed by atoms with Crippen LogP contribution in [0.25, 0.3) is 6.08 Å². The average Bonchev–Trinajstić information content (AvgIpc) is 2.97. The largest absolute Gasteiger partial charge is 0.493 e. The van der Waals surface area contributed by atoms with Gasteiger partial charge in [0, 0.05) is 17.5 Å². The van der Waals surface area contributed by atoms with Crippen molar-refractivity contribution in [3.05, 3.63) is 64.3 Å². The molecule has 1 aliphatic rings. The third-order valence-electron chi connectivity index (χ3n) is 3.46. The molecule has 0 spiro atoms. The summed E-state index contributed by atoms with van der Waals surface area (Å²) in [5, 5.41) is 0.578. The van der Waals surface area contributed by atoms with Crippen molar-refractivity contribution in [2.45, 2.75) is 6.92 Å². The fraction of sp³-hybridized carbons (Fsp3) is 0.105. The van der Waals surface area contributed by atoms with Crippen LogP contribution in [0.5, 0.6) is 11.5 Å². The summed E-state index contributed by atoms with van der Waals surface area (Å²) in [6.07, 6.45) is 1.56. The zero-order valence-electron chi connectivity index (χ0n) is 14.0. The summed E-state index contributed by atoms with van der Waals surface area (Å²) in [5.74, 6) is -0.144. The van der Waals surface area contributed by atoms with E-state index in [-0.39, 0.29) is 11.6 Å². The van der Waals surface area contributed by atoms with Crippen LogP contribution >= 0.6 is 11.6 Å². The lowest BCUT2D eigenvalue weighted by Crippen LogP contribution is -2.05. The van der Waals surface area contributed by atoms with E-state index in [0.717, 1.165) is 0 Å². The van der Waals surface area contributed by atoms with Crippen LogP contribution in [0.4, 0.5) is 0 Å². The molecule has 0 fully saturated rings. The molecule has 3 rings (SSSR count). The smallest absolute Gasteiger partial charge is 0.363 e. The fourth-order valence-electron chi connectivity index (χ4n) is 2.30. The highest BCUT2D eigenvalue weighted by molar-refractivity contribution is 6.30. The highest BCUT2D eigenvalue weighted by Gasteiger charge is 2.24. The first-order valence-electron chi connectivity index (χ1n) is 7.61. The highest BCUT2D eigenvalue weighted by Crippen LogP contribution is 2.30. The number of ether oxygens (including phenoxy) is 3. The van der Waals surface area contributed by atoms with Gasteiger partial charge >= 0.3 is 11.9 Å². The Bertz CT molecular complexity index is 931. The van der Waals surface area contributed by atoms with Crippen LogP contribution in [0.2, 0.25) is 5.02 Å². The van der Waals surface area contributed by atoms with E-state index in [1.165, 1.54) is 14.0 Å². The van der Waals surface area contributed by atoms with Gasteiger partial charge in [0.15, 0.2) is 17.2 Å². The molecule has 0 saturated heterocycles. The average molecular weight is 372 g/mol. The lowest BCUT2D eigenvalue weighted by molar-refractivity contribution is -0.132. The first-order chi connectivity index (χ1) is 12.5. The van der Waals surface area contributed by atoms with E-state index in [9.17, 15) is 9.59 Å². The number of methoxy groups -OCH3 is 1. The molecule has 0 N–H and O–H groups in total. The minimum atomic E-state index is -0.557. The normalized spacial score (nSPS) is 14.8. The molecule has 1 heterocycles.